The summed E-state index contributed by atoms with van der Waals surface area (Å²) in [4.78, 5) is 6.63. The number of pyridine rings is 1. The molecule has 1 aromatic heterocycles. The summed E-state index contributed by atoms with van der Waals surface area (Å²) in [5, 5.41) is 0.811. The third-order valence-electron chi connectivity index (χ3n) is 3.22. The Morgan fingerprint density at radius 1 is 1.26 bits per heavy atom. The minimum atomic E-state index is 0.249. The van der Waals surface area contributed by atoms with Crippen LogP contribution in [0.2, 0.25) is 5.02 Å². The van der Waals surface area contributed by atoms with E-state index in [1.807, 2.05) is 36.5 Å². The average Bonchev–Trinajstić information content (AvgIpc) is 2.41. The SMILES string of the molecule is CC(c1ccccc1Cl)N(C)Cc1ccc(Br)cn1. The van der Waals surface area contributed by atoms with Gasteiger partial charge in [-0.3, -0.25) is 9.88 Å². The van der Waals surface area contributed by atoms with Crippen LogP contribution in [0.25, 0.3) is 0 Å². The van der Waals surface area contributed by atoms with Crippen LogP contribution in [0.15, 0.2) is 47.1 Å². The zero-order valence-electron chi connectivity index (χ0n) is 11.0. The molecule has 1 unspecified atom stereocenters. The van der Waals surface area contributed by atoms with Crippen molar-refractivity contribution in [2.75, 3.05) is 7.05 Å². The van der Waals surface area contributed by atoms with E-state index in [9.17, 15) is 0 Å². The Kier molecular flexibility index (Phi) is 4.97. The van der Waals surface area contributed by atoms with Gasteiger partial charge in [0.25, 0.3) is 0 Å². The quantitative estimate of drug-likeness (QED) is 0.803. The van der Waals surface area contributed by atoms with Gasteiger partial charge in [0.2, 0.25) is 0 Å². The zero-order chi connectivity index (χ0) is 13.8. The highest BCUT2D eigenvalue weighted by Gasteiger charge is 2.14. The Balaban J connectivity index is 2.09. The molecule has 2 nitrogen and oxygen atoms in total. The Morgan fingerprint density at radius 3 is 2.63 bits per heavy atom. The molecule has 1 aromatic carbocycles. The maximum atomic E-state index is 6.24. The minimum Gasteiger partial charge on any atom is -0.294 e. The molecule has 0 spiro atoms. The molecule has 1 heterocycles. The van der Waals surface area contributed by atoms with Gasteiger partial charge in [-0.05, 0) is 53.7 Å². The largest absolute Gasteiger partial charge is 0.294 e. The predicted molar refractivity (Wildman–Crippen MR) is 83.3 cm³/mol. The van der Waals surface area contributed by atoms with Gasteiger partial charge in [-0.15, -0.1) is 0 Å². The highest BCUT2D eigenvalue weighted by molar-refractivity contribution is 9.10. The second-order valence-electron chi connectivity index (χ2n) is 4.58. The smallest absolute Gasteiger partial charge is 0.0544 e. The van der Waals surface area contributed by atoms with Crippen molar-refractivity contribution in [1.29, 1.82) is 0 Å². The first-order chi connectivity index (χ1) is 9.08. The fraction of sp³-hybridized carbons (Fsp3) is 0.267. The van der Waals surface area contributed by atoms with E-state index in [4.69, 9.17) is 11.6 Å². The molecule has 0 aliphatic rings. The Bertz CT molecular complexity index is 542. The molecular formula is C15H16BrClN2. The van der Waals surface area contributed by atoms with Crippen LogP contribution in [-0.4, -0.2) is 16.9 Å². The molecular weight excluding hydrogens is 324 g/mol. The van der Waals surface area contributed by atoms with E-state index in [0.29, 0.717) is 0 Å². The number of rotatable bonds is 4. The predicted octanol–water partition coefficient (Wildman–Crippen LogP) is 4.69. The van der Waals surface area contributed by atoms with Crippen LogP contribution in [-0.2, 0) is 6.54 Å². The molecule has 4 heteroatoms. The van der Waals surface area contributed by atoms with Gasteiger partial charge in [-0.2, -0.15) is 0 Å². The van der Waals surface area contributed by atoms with Crippen molar-refractivity contribution in [3.63, 3.8) is 0 Å². The van der Waals surface area contributed by atoms with Gasteiger partial charge < -0.3 is 0 Å². The Labute approximate surface area is 127 Å². The van der Waals surface area contributed by atoms with Crippen molar-refractivity contribution in [2.24, 2.45) is 0 Å². The maximum absolute atomic E-state index is 6.24. The summed E-state index contributed by atoms with van der Waals surface area (Å²) in [5.74, 6) is 0. The normalized spacial score (nSPS) is 12.7. The van der Waals surface area contributed by atoms with Crippen molar-refractivity contribution in [3.8, 4) is 0 Å². The van der Waals surface area contributed by atoms with Crippen molar-refractivity contribution >= 4 is 27.5 Å². The lowest BCUT2D eigenvalue weighted by molar-refractivity contribution is 0.250. The average molecular weight is 340 g/mol. The van der Waals surface area contributed by atoms with Crippen LogP contribution in [0, 0.1) is 0 Å². The molecule has 0 amide bonds. The van der Waals surface area contributed by atoms with E-state index in [0.717, 1.165) is 27.3 Å². The molecule has 1 atom stereocenters. The molecule has 0 saturated heterocycles. The van der Waals surface area contributed by atoms with E-state index in [-0.39, 0.29) is 6.04 Å². The molecule has 100 valence electrons. The number of nitrogens with zero attached hydrogens (tertiary/aromatic N) is 2. The molecule has 0 saturated carbocycles. The lowest BCUT2D eigenvalue weighted by atomic mass is 10.1. The summed E-state index contributed by atoms with van der Waals surface area (Å²) in [5.41, 5.74) is 2.19. The van der Waals surface area contributed by atoms with Crippen molar-refractivity contribution in [3.05, 3.63) is 63.3 Å². The molecule has 0 radical (unpaired) electrons. The number of hydrogen-bond donors (Lipinski definition) is 0. The van der Waals surface area contributed by atoms with E-state index in [1.165, 1.54) is 0 Å². The number of benzene rings is 1. The zero-order valence-corrected chi connectivity index (χ0v) is 13.3. The molecule has 2 aromatic rings. The van der Waals surface area contributed by atoms with E-state index >= 15 is 0 Å². The summed E-state index contributed by atoms with van der Waals surface area (Å²) < 4.78 is 0.998. The van der Waals surface area contributed by atoms with Crippen LogP contribution in [0.3, 0.4) is 0 Å². The molecule has 0 N–H and O–H groups in total. The number of hydrogen-bond acceptors (Lipinski definition) is 2. The van der Waals surface area contributed by atoms with Crippen LogP contribution in [0.5, 0.6) is 0 Å². The van der Waals surface area contributed by atoms with Gasteiger partial charge in [0.05, 0.1) is 5.69 Å². The molecule has 19 heavy (non-hydrogen) atoms. The summed E-state index contributed by atoms with van der Waals surface area (Å²) in [6.45, 7) is 2.94. The molecule has 0 bridgehead atoms. The van der Waals surface area contributed by atoms with Gasteiger partial charge in [0.1, 0.15) is 0 Å². The van der Waals surface area contributed by atoms with Gasteiger partial charge in [-0.25, -0.2) is 0 Å². The lowest BCUT2D eigenvalue weighted by Gasteiger charge is -2.25. The third kappa shape index (κ3) is 3.78. The summed E-state index contributed by atoms with van der Waals surface area (Å²) >= 11 is 9.63. The Hall–Kier alpha value is -0.900. The third-order valence-corrected chi connectivity index (χ3v) is 4.03. The monoisotopic (exact) mass is 338 g/mol. The highest BCUT2D eigenvalue weighted by Crippen LogP contribution is 2.26. The minimum absolute atomic E-state index is 0.249. The lowest BCUT2D eigenvalue weighted by Crippen LogP contribution is -2.22. The maximum Gasteiger partial charge on any atom is 0.0544 e. The number of halogens is 2. The van der Waals surface area contributed by atoms with Crippen LogP contribution < -0.4 is 0 Å². The molecule has 2 rings (SSSR count). The van der Waals surface area contributed by atoms with Gasteiger partial charge in [0, 0.05) is 28.3 Å². The van der Waals surface area contributed by atoms with E-state index in [2.05, 4.69) is 45.9 Å². The fourth-order valence-corrected chi connectivity index (χ4v) is 2.47. The number of aromatic nitrogens is 1. The van der Waals surface area contributed by atoms with Gasteiger partial charge >= 0.3 is 0 Å². The highest BCUT2D eigenvalue weighted by atomic mass is 79.9. The first-order valence-electron chi connectivity index (χ1n) is 6.13. The first-order valence-corrected chi connectivity index (χ1v) is 7.30. The molecule has 0 aliphatic heterocycles. The van der Waals surface area contributed by atoms with Gasteiger partial charge in [0.15, 0.2) is 0 Å². The van der Waals surface area contributed by atoms with Gasteiger partial charge in [-0.1, -0.05) is 29.8 Å². The first kappa shape index (κ1) is 14.5. The van der Waals surface area contributed by atoms with Crippen LogP contribution in [0.4, 0.5) is 0 Å². The standard InChI is InChI=1S/C15H16BrClN2/c1-11(14-5-3-4-6-15(14)17)19(2)10-13-8-7-12(16)9-18-13/h3-9,11H,10H2,1-2H3. The molecule has 0 fully saturated rings. The van der Waals surface area contributed by atoms with Crippen LogP contribution in [0.1, 0.15) is 24.2 Å². The van der Waals surface area contributed by atoms with Crippen molar-refractivity contribution in [2.45, 2.75) is 19.5 Å². The van der Waals surface area contributed by atoms with Crippen molar-refractivity contribution in [1.82, 2.24) is 9.88 Å². The summed E-state index contributed by atoms with van der Waals surface area (Å²) in [7, 11) is 2.08. The van der Waals surface area contributed by atoms with E-state index < -0.39 is 0 Å². The second kappa shape index (κ2) is 6.51. The second-order valence-corrected chi connectivity index (χ2v) is 5.90. The fourth-order valence-electron chi connectivity index (χ4n) is 1.94. The van der Waals surface area contributed by atoms with Crippen LogP contribution >= 0.6 is 27.5 Å². The summed E-state index contributed by atoms with van der Waals surface area (Å²) in [6.07, 6.45) is 1.82. The topological polar surface area (TPSA) is 16.1 Å². The van der Waals surface area contributed by atoms with E-state index in [1.54, 1.807) is 0 Å². The van der Waals surface area contributed by atoms with Crippen molar-refractivity contribution < 1.29 is 0 Å². The molecule has 0 aliphatic carbocycles. The Morgan fingerprint density at radius 2 is 2.00 bits per heavy atom. The summed E-state index contributed by atoms with van der Waals surface area (Å²) in [6, 6.07) is 12.3.